The third-order valence-electron chi connectivity index (χ3n) is 3.09. The SMILES string of the molecule is COC(=O)c1ccc(S(=O)(=O)NNC(=O)c2cc(Br)cn2C)cc1. The van der Waals surface area contributed by atoms with Gasteiger partial charge in [-0.25, -0.2) is 13.2 Å². The van der Waals surface area contributed by atoms with E-state index in [1.165, 1.54) is 31.4 Å². The van der Waals surface area contributed by atoms with Crippen LogP contribution in [0.4, 0.5) is 0 Å². The van der Waals surface area contributed by atoms with Crippen LogP contribution in [0.15, 0.2) is 45.9 Å². The van der Waals surface area contributed by atoms with Crippen LogP contribution in [-0.4, -0.2) is 32.0 Å². The average Bonchev–Trinajstić information content (AvgIpc) is 2.90. The first-order valence-corrected chi connectivity index (χ1v) is 8.84. The largest absolute Gasteiger partial charge is 0.465 e. The van der Waals surface area contributed by atoms with Gasteiger partial charge in [-0.05, 0) is 46.3 Å². The summed E-state index contributed by atoms with van der Waals surface area (Å²) in [5.74, 6) is -1.19. The van der Waals surface area contributed by atoms with Gasteiger partial charge < -0.3 is 9.30 Å². The standard InChI is InChI=1S/C14H14BrN3O5S/c1-18-8-10(15)7-12(18)13(19)16-17-24(21,22)11-5-3-9(4-6-11)14(20)23-2/h3-8,17H,1-2H3,(H,16,19). The Hall–Kier alpha value is -2.17. The highest BCUT2D eigenvalue weighted by Gasteiger charge is 2.18. The van der Waals surface area contributed by atoms with Crippen LogP contribution in [0.25, 0.3) is 0 Å². The molecule has 2 aromatic rings. The number of hydrazine groups is 1. The van der Waals surface area contributed by atoms with Gasteiger partial charge in [0.2, 0.25) is 0 Å². The number of hydrogen-bond donors (Lipinski definition) is 2. The molecule has 24 heavy (non-hydrogen) atoms. The molecule has 2 N–H and O–H groups in total. The normalized spacial score (nSPS) is 11.1. The fraction of sp³-hybridized carbons (Fsp3) is 0.143. The van der Waals surface area contributed by atoms with Gasteiger partial charge in [0.1, 0.15) is 5.69 Å². The minimum Gasteiger partial charge on any atom is -0.465 e. The monoisotopic (exact) mass is 415 g/mol. The van der Waals surface area contributed by atoms with Crippen LogP contribution in [0.5, 0.6) is 0 Å². The lowest BCUT2D eigenvalue weighted by Gasteiger charge is -2.09. The molecule has 0 aliphatic heterocycles. The van der Waals surface area contributed by atoms with Crippen molar-refractivity contribution in [1.82, 2.24) is 14.8 Å². The number of hydrogen-bond acceptors (Lipinski definition) is 5. The van der Waals surface area contributed by atoms with Crippen molar-refractivity contribution >= 4 is 37.8 Å². The van der Waals surface area contributed by atoms with Crippen molar-refractivity contribution in [2.75, 3.05) is 7.11 Å². The second-order valence-corrected chi connectivity index (χ2v) is 7.33. The molecule has 0 aliphatic carbocycles. The lowest BCUT2D eigenvalue weighted by molar-refractivity contribution is 0.0600. The summed E-state index contributed by atoms with van der Waals surface area (Å²) in [4.78, 5) is 25.2. The zero-order valence-corrected chi connectivity index (χ0v) is 15.1. The molecule has 0 atom stereocenters. The topological polar surface area (TPSA) is 106 Å². The average molecular weight is 416 g/mol. The highest BCUT2D eigenvalue weighted by molar-refractivity contribution is 9.10. The maximum atomic E-state index is 12.2. The minimum atomic E-state index is -3.97. The summed E-state index contributed by atoms with van der Waals surface area (Å²) in [6.45, 7) is 0. The molecule has 1 aromatic heterocycles. The highest BCUT2D eigenvalue weighted by atomic mass is 79.9. The number of esters is 1. The Morgan fingerprint density at radius 1 is 1.21 bits per heavy atom. The molecule has 10 heteroatoms. The molecule has 0 unspecified atom stereocenters. The van der Waals surface area contributed by atoms with E-state index in [1.807, 2.05) is 4.83 Å². The molecule has 0 spiro atoms. The third-order valence-corrected chi connectivity index (χ3v) is 4.79. The number of ether oxygens (including phenoxy) is 1. The highest BCUT2D eigenvalue weighted by Crippen LogP contribution is 2.14. The second-order valence-electron chi connectivity index (χ2n) is 4.73. The summed E-state index contributed by atoms with van der Waals surface area (Å²) < 4.78 is 31.1. The van der Waals surface area contributed by atoms with E-state index in [9.17, 15) is 18.0 Å². The van der Waals surface area contributed by atoms with Crippen LogP contribution in [-0.2, 0) is 21.8 Å². The van der Waals surface area contributed by atoms with E-state index in [4.69, 9.17) is 0 Å². The van der Waals surface area contributed by atoms with E-state index in [0.29, 0.717) is 4.47 Å². The van der Waals surface area contributed by atoms with Gasteiger partial charge in [-0.3, -0.25) is 10.2 Å². The number of methoxy groups -OCH3 is 1. The van der Waals surface area contributed by atoms with Gasteiger partial charge in [0, 0.05) is 17.7 Å². The summed E-state index contributed by atoms with van der Waals surface area (Å²) in [6.07, 6.45) is 1.66. The number of aromatic nitrogens is 1. The third kappa shape index (κ3) is 4.02. The fourth-order valence-corrected chi connectivity index (χ4v) is 3.24. The van der Waals surface area contributed by atoms with Crippen LogP contribution in [0.2, 0.25) is 0 Å². The Labute approximate surface area is 147 Å². The lowest BCUT2D eigenvalue weighted by Crippen LogP contribution is -2.42. The first kappa shape index (κ1) is 18.2. The number of carbonyl (C=O) groups is 2. The van der Waals surface area contributed by atoms with Crippen LogP contribution in [0.1, 0.15) is 20.8 Å². The molecule has 128 valence electrons. The predicted molar refractivity (Wildman–Crippen MR) is 88.7 cm³/mol. The van der Waals surface area contributed by atoms with Crippen molar-refractivity contribution in [3.63, 3.8) is 0 Å². The van der Waals surface area contributed by atoms with Crippen LogP contribution in [0.3, 0.4) is 0 Å². The maximum absolute atomic E-state index is 12.2. The zero-order chi connectivity index (χ0) is 17.9. The quantitative estimate of drug-likeness (QED) is 0.563. The van der Waals surface area contributed by atoms with Gasteiger partial charge in [0.15, 0.2) is 0 Å². The van der Waals surface area contributed by atoms with Gasteiger partial charge in [-0.2, -0.15) is 0 Å². The molecular weight excluding hydrogens is 402 g/mol. The number of aryl methyl sites for hydroxylation is 1. The molecule has 0 fully saturated rings. The molecule has 0 saturated carbocycles. The first-order chi connectivity index (χ1) is 11.2. The van der Waals surface area contributed by atoms with Crippen molar-refractivity contribution in [3.8, 4) is 0 Å². The number of rotatable bonds is 5. The summed E-state index contributed by atoms with van der Waals surface area (Å²) in [5, 5.41) is 0. The Bertz CT molecular complexity index is 874. The smallest absolute Gasteiger partial charge is 0.337 e. The molecule has 0 bridgehead atoms. The van der Waals surface area contributed by atoms with E-state index in [1.54, 1.807) is 23.9 Å². The number of nitrogens with zero attached hydrogens (tertiary/aromatic N) is 1. The maximum Gasteiger partial charge on any atom is 0.337 e. The fourth-order valence-electron chi connectivity index (χ4n) is 1.87. The van der Waals surface area contributed by atoms with Gasteiger partial charge in [-0.1, -0.05) is 0 Å². The number of sulfonamides is 1. The minimum absolute atomic E-state index is 0.108. The Morgan fingerprint density at radius 3 is 2.33 bits per heavy atom. The zero-order valence-electron chi connectivity index (χ0n) is 12.7. The Kier molecular flexibility index (Phi) is 5.42. The number of halogens is 1. The predicted octanol–water partition coefficient (Wildman–Crippen LogP) is 1.20. The van der Waals surface area contributed by atoms with Gasteiger partial charge in [0.25, 0.3) is 15.9 Å². The van der Waals surface area contributed by atoms with Gasteiger partial charge >= 0.3 is 5.97 Å². The van der Waals surface area contributed by atoms with E-state index in [-0.39, 0.29) is 16.2 Å². The van der Waals surface area contributed by atoms with E-state index < -0.39 is 21.9 Å². The molecule has 2 rings (SSSR count). The first-order valence-electron chi connectivity index (χ1n) is 6.57. The number of amides is 1. The molecule has 1 aromatic carbocycles. The number of carbonyl (C=O) groups excluding carboxylic acids is 2. The van der Waals surface area contributed by atoms with Crippen LogP contribution >= 0.6 is 15.9 Å². The van der Waals surface area contributed by atoms with Crippen molar-refractivity contribution < 1.29 is 22.7 Å². The second kappa shape index (κ2) is 7.16. The number of benzene rings is 1. The lowest BCUT2D eigenvalue weighted by atomic mass is 10.2. The molecule has 0 aliphatic rings. The molecule has 8 nitrogen and oxygen atoms in total. The Balaban J connectivity index is 2.09. The summed E-state index contributed by atoms with van der Waals surface area (Å²) >= 11 is 3.23. The van der Waals surface area contributed by atoms with E-state index in [2.05, 4.69) is 26.1 Å². The molecule has 0 saturated heterocycles. The van der Waals surface area contributed by atoms with Gasteiger partial charge in [-0.15, -0.1) is 4.83 Å². The molecule has 0 radical (unpaired) electrons. The Morgan fingerprint density at radius 2 is 1.83 bits per heavy atom. The van der Waals surface area contributed by atoms with Crippen molar-refractivity contribution in [2.24, 2.45) is 7.05 Å². The number of nitrogens with one attached hydrogen (secondary N) is 2. The molecule has 1 heterocycles. The van der Waals surface area contributed by atoms with Crippen molar-refractivity contribution in [3.05, 3.63) is 52.3 Å². The molecule has 1 amide bonds. The van der Waals surface area contributed by atoms with Crippen LogP contribution < -0.4 is 10.3 Å². The summed E-state index contributed by atoms with van der Waals surface area (Å²) in [7, 11) is -1.09. The summed E-state index contributed by atoms with van der Waals surface area (Å²) in [6, 6.07) is 6.65. The van der Waals surface area contributed by atoms with E-state index in [0.717, 1.165) is 0 Å². The van der Waals surface area contributed by atoms with Crippen molar-refractivity contribution in [2.45, 2.75) is 4.90 Å². The van der Waals surface area contributed by atoms with Crippen LogP contribution in [0, 0.1) is 0 Å². The molecular formula is C14H14BrN3O5S. The van der Waals surface area contributed by atoms with Crippen molar-refractivity contribution in [1.29, 1.82) is 0 Å². The summed E-state index contributed by atoms with van der Waals surface area (Å²) in [5.41, 5.74) is 2.62. The van der Waals surface area contributed by atoms with Gasteiger partial charge in [0.05, 0.1) is 17.6 Å². The van der Waals surface area contributed by atoms with E-state index >= 15 is 0 Å².